The van der Waals surface area contributed by atoms with Crippen LogP contribution in [0.1, 0.15) is 187 Å². The summed E-state index contributed by atoms with van der Waals surface area (Å²) in [7, 11) is 1.24. The first kappa shape index (κ1) is 60.4. The number of carbonyl (C=O) groups excluding carboxylic acids is 1. The summed E-state index contributed by atoms with van der Waals surface area (Å²) in [6.07, 6.45) is 63.4. The fourth-order valence-corrected chi connectivity index (χ4v) is 7.32. The van der Waals surface area contributed by atoms with Gasteiger partial charge in [-0.25, -0.2) is 0 Å². The van der Waals surface area contributed by atoms with Gasteiger partial charge in [-0.2, -0.15) is 0 Å². The summed E-state index contributed by atoms with van der Waals surface area (Å²) < 4.78 is 23.1. The molecule has 3 atom stereocenters. The fourth-order valence-electron chi connectivity index (χ4n) is 6.60. The maximum atomic E-state index is 12.8. The monoisotopic (exact) mass is 899 g/mol. The molecule has 0 aromatic carbocycles. The van der Waals surface area contributed by atoms with Crippen LogP contribution in [0.4, 0.5) is 0 Å². The van der Waals surface area contributed by atoms with Crippen molar-refractivity contribution in [2.24, 2.45) is 0 Å². The number of aliphatic hydroxyl groups excluding tert-OH is 1. The van der Waals surface area contributed by atoms with E-state index in [2.05, 4.69) is 104 Å². The third-order valence-electron chi connectivity index (χ3n) is 10.5. The number of likely N-dealkylation sites (N-methyl/N-ethyl adjacent to an activating group) is 1. The van der Waals surface area contributed by atoms with Crippen LogP contribution in [0.2, 0.25) is 0 Å². The lowest BCUT2D eigenvalue weighted by Crippen LogP contribution is -2.45. The van der Waals surface area contributed by atoms with Crippen molar-refractivity contribution >= 4 is 13.7 Å². The Bertz CT molecular complexity index is 1340. The molecule has 0 aliphatic rings. The van der Waals surface area contributed by atoms with Crippen molar-refractivity contribution in [1.82, 2.24) is 5.32 Å². The molecule has 0 rings (SSSR count). The maximum absolute atomic E-state index is 12.8. The number of amides is 1. The van der Waals surface area contributed by atoms with Gasteiger partial charge in [0.25, 0.3) is 7.82 Å². The van der Waals surface area contributed by atoms with Gasteiger partial charge in [-0.3, -0.25) is 9.36 Å². The van der Waals surface area contributed by atoms with Gasteiger partial charge in [0.2, 0.25) is 5.91 Å². The van der Waals surface area contributed by atoms with Crippen LogP contribution in [0.15, 0.2) is 97.2 Å². The number of quaternary nitrogens is 1. The first-order chi connectivity index (χ1) is 30.5. The van der Waals surface area contributed by atoms with Gasteiger partial charge in [0, 0.05) is 6.42 Å². The van der Waals surface area contributed by atoms with Gasteiger partial charge < -0.3 is 28.8 Å². The number of nitrogens with one attached hydrogen (secondary N) is 1. The first-order valence-electron chi connectivity index (χ1n) is 25.1. The molecule has 3 unspecified atom stereocenters. The number of phosphoric acid groups is 1. The molecular formula is C54H95N2O6P. The summed E-state index contributed by atoms with van der Waals surface area (Å²) >= 11 is 0. The van der Waals surface area contributed by atoms with E-state index < -0.39 is 20.0 Å². The van der Waals surface area contributed by atoms with Gasteiger partial charge in [0.05, 0.1) is 39.9 Å². The van der Waals surface area contributed by atoms with E-state index in [0.29, 0.717) is 17.4 Å². The first-order valence-corrected chi connectivity index (χ1v) is 26.6. The van der Waals surface area contributed by atoms with Crippen molar-refractivity contribution in [2.75, 3.05) is 40.9 Å². The number of phosphoric ester groups is 1. The van der Waals surface area contributed by atoms with Crippen molar-refractivity contribution in [2.45, 2.75) is 199 Å². The van der Waals surface area contributed by atoms with Gasteiger partial charge in [0.15, 0.2) is 0 Å². The molecule has 0 heterocycles. The Balaban J connectivity index is 4.06. The van der Waals surface area contributed by atoms with Gasteiger partial charge in [-0.05, 0) is 77.0 Å². The molecule has 0 bridgehead atoms. The van der Waals surface area contributed by atoms with Crippen molar-refractivity contribution in [3.05, 3.63) is 97.2 Å². The van der Waals surface area contributed by atoms with Gasteiger partial charge in [0.1, 0.15) is 13.2 Å². The topological polar surface area (TPSA) is 108 Å². The summed E-state index contributed by atoms with van der Waals surface area (Å²) in [5, 5.41) is 13.7. The van der Waals surface area contributed by atoms with Crippen LogP contribution in [0.3, 0.4) is 0 Å². The third kappa shape index (κ3) is 47.2. The SMILES string of the molecule is CC/C=C\C/C=C\C/C=C\C/C=C\C/C=C\C/C=C\C/C=C\CCCCCCCCCCCCCC(=O)NC(COP(=O)([O-])OCC[N+](C)(C)C)C(O)/C=C/CCCCCCCC. The summed E-state index contributed by atoms with van der Waals surface area (Å²) in [6, 6.07) is -0.891. The van der Waals surface area contributed by atoms with E-state index in [-0.39, 0.29) is 19.1 Å². The summed E-state index contributed by atoms with van der Waals surface area (Å²) in [6.45, 7) is 4.46. The zero-order chi connectivity index (χ0) is 46.4. The predicted molar refractivity (Wildman–Crippen MR) is 269 cm³/mol. The second-order valence-corrected chi connectivity index (χ2v) is 19.2. The Morgan fingerprint density at radius 3 is 1.41 bits per heavy atom. The Hall–Kier alpha value is -2.58. The summed E-state index contributed by atoms with van der Waals surface area (Å²) in [4.78, 5) is 25.3. The number of aliphatic hydroxyl groups is 1. The van der Waals surface area contributed by atoms with E-state index >= 15 is 0 Å². The van der Waals surface area contributed by atoms with E-state index in [1.807, 2.05) is 27.2 Å². The lowest BCUT2D eigenvalue weighted by molar-refractivity contribution is -0.870. The van der Waals surface area contributed by atoms with E-state index in [1.54, 1.807) is 6.08 Å². The molecular weight excluding hydrogens is 804 g/mol. The van der Waals surface area contributed by atoms with Crippen LogP contribution in [0.25, 0.3) is 0 Å². The molecule has 362 valence electrons. The van der Waals surface area contributed by atoms with Crippen LogP contribution in [0.5, 0.6) is 0 Å². The highest BCUT2D eigenvalue weighted by Gasteiger charge is 2.23. The van der Waals surface area contributed by atoms with E-state index in [1.165, 1.54) is 83.5 Å². The molecule has 0 spiro atoms. The standard InChI is InChI=1S/C54H95N2O6P/c1-6-8-10-12-14-16-17-18-19-20-21-22-23-24-25-26-27-28-29-30-31-32-33-34-35-36-37-38-39-40-42-44-46-48-54(58)55-52(51-62-63(59,60)61-50-49-56(3,4)5)53(57)47-45-43-41-15-13-11-9-7-2/h8,10,14,16,18-19,21-22,24-25,27-28,30-31,45,47,52-53,57H,6-7,9,11-13,15,17,20,23,26,29,32-44,46,48-51H2,1-5H3,(H-,55,58,59,60)/b10-8-,16-14-,19-18-,22-21-,25-24-,28-27-,31-30-,47-45+. The zero-order valence-corrected chi connectivity index (χ0v) is 41.9. The molecule has 0 fully saturated rings. The van der Waals surface area contributed by atoms with Crippen LogP contribution < -0.4 is 10.2 Å². The Labute approximate surface area is 388 Å². The quantitative estimate of drug-likeness (QED) is 0.0273. The maximum Gasteiger partial charge on any atom is 0.268 e. The van der Waals surface area contributed by atoms with Crippen molar-refractivity contribution in [1.29, 1.82) is 0 Å². The molecule has 0 saturated heterocycles. The van der Waals surface area contributed by atoms with Gasteiger partial charge >= 0.3 is 0 Å². The van der Waals surface area contributed by atoms with Gasteiger partial charge in [-0.15, -0.1) is 0 Å². The van der Waals surface area contributed by atoms with Crippen LogP contribution in [0, 0.1) is 0 Å². The van der Waals surface area contributed by atoms with Crippen LogP contribution >= 0.6 is 7.82 Å². The number of allylic oxidation sites excluding steroid dienone is 15. The summed E-state index contributed by atoms with van der Waals surface area (Å²) in [5.41, 5.74) is 0. The number of hydrogen-bond acceptors (Lipinski definition) is 6. The normalized spacial score (nSPS) is 15.0. The second-order valence-electron chi connectivity index (χ2n) is 17.8. The molecule has 0 saturated carbocycles. The molecule has 1 amide bonds. The lowest BCUT2D eigenvalue weighted by atomic mass is 10.0. The van der Waals surface area contributed by atoms with E-state index in [4.69, 9.17) is 9.05 Å². The smallest absolute Gasteiger partial charge is 0.268 e. The molecule has 63 heavy (non-hydrogen) atoms. The average Bonchev–Trinajstić information content (AvgIpc) is 3.24. The second kappa shape index (κ2) is 44.6. The predicted octanol–water partition coefficient (Wildman–Crippen LogP) is 14.1. The molecule has 0 radical (unpaired) electrons. The number of carbonyl (C=O) groups is 1. The minimum atomic E-state index is -4.59. The Kier molecular flexibility index (Phi) is 42.8. The molecule has 0 aromatic rings. The number of unbranched alkanes of at least 4 members (excludes halogenated alkanes) is 17. The minimum Gasteiger partial charge on any atom is -0.756 e. The van der Waals surface area contributed by atoms with Crippen molar-refractivity contribution in [3.8, 4) is 0 Å². The molecule has 0 aliphatic heterocycles. The van der Waals surface area contributed by atoms with Crippen molar-refractivity contribution < 1.29 is 32.9 Å². The number of rotatable bonds is 44. The molecule has 8 nitrogen and oxygen atoms in total. The Morgan fingerprint density at radius 2 is 0.968 bits per heavy atom. The number of nitrogens with zero attached hydrogens (tertiary/aromatic N) is 1. The number of hydrogen-bond donors (Lipinski definition) is 2. The molecule has 9 heteroatoms. The molecule has 0 aromatic heterocycles. The lowest BCUT2D eigenvalue weighted by Gasteiger charge is -2.29. The largest absolute Gasteiger partial charge is 0.756 e. The highest BCUT2D eigenvalue weighted by Crippen LogP contribution is 2.38. The molecule has 2 N–H and O–H groups in total. The highest BCUT2D eigenvalue weighted by molar-refractivity contribution is 7.45. The molecule has 0 aliphatic carbocycles. The van der Waals surface area contributed by atoms with Crippen LogP contribution in [-0.4, -0.2) is 68.5 Å². The van der Waals surface area contributed by atoms with Crippen LogP contribution in [-0.2, 0) is 18.4 Å². The zero-order valence-electron chi connectivity index (χ0n) is 41.0. The third-order valence-corrected chi connectivity index (χ3v) is 11.5. The van der Waals surface area contributed by atoms with Crippen molar-refractivity contribution in [3.63, 3.8) is 0 Å². The van der Waals surface area contributed by atoms with E-state index in [9.17, 15) is 19.4 Å². The summed E-state index contributed by atoms with van der Waals surface area (Å²) in [5.74, 6) is -0.209. The minimum absolute atomic E-state index is 0.00619. The van der Waals surface area contributed by atoms with Gasteiger partial charge in [-0.1, -0.05) is 201 Å². The Morgan fingerprint density at radius 1 is 0.571 bits per heavy atom. The fraction of sp³-hybridized carbons (Fsp3) is 0.685. The van der Waals surface area contributed by atoms with E-state index in [0.717, 1.165) is 83.5 Å². The average molecular weight is 899 g/mol. The highest BCUT2D eigenvalue weighted by atomic mass is 31.2.